The maximum atomic E-state index is 13.0. The number of rotatable bonds is 78. The van der Waals surface area contributed by atoms with E-state index in [0.717, 1.165) is 27.7 Å². The highest BCUT2D eigenvalue weighted by Crippen LogP contribution is 2.14. The molecule has 0 aromatic heterocycles. The number of carbonyl (C=O) groups excluding carboxylic acids is 16. The highest BCUT2D eigenvalue weighted by atomic mass is 16.5. The summed E-state index contributed by atoms with van der Waals surface area (Å²) in [6.07, 6.45) is -5.41. The molecule has 0 fully saturated rings. The molecule has 12 atom stereocenters. The van der Waals surface area contributed by atoms with Crippen LogP contribution in [0.4, 0.5) is 0 Å². The first-order chi connectivity index (χ1) is 69.5. The van der Waals surface area contributed by atoms with Crippen LogP contribution in [0.5, 0.6) is 0 Å². The summed E-state index contributed by atoms with van der Waals surface area (Å²) in [5.41, 5.74) is 16.3. The molecule has 0 saturated heterocycles. The predicted octanol–water partition coefficient (Wildman–Crippen LogP) is -5.70. The van der Waals surface area contributed by atoms with Gasteiger partial charge in [-0.1, -0.05) is 65.6 Å². The van der Waals surface area contributed by atoms with Gasteiger partial charge in [-0.2, -0.15) is 0 Å². The fourth-order valence-electron chi connectivity index (χ4n) is 12.0. The van der Waals surface area contributed by atoms with E-state index in [2.05, 4.69) is 105 Å². The van der Waals surface area contributed by atoms with Crippen molar-refractivity contribution in [3.63, 3.8) is 0 Å². The molecule has 62 heteroatoms. The second-order valence-corrected chi connectivity index (χ2v) is 33.5. The summed E-state index contributed by atoms with van der Waals surface area (Å²) < 4.78 is 40.9. The van der Waals surface area contributed by atoms with E-state index in [4.69, 9.17) is 79.6 Å². The van der Waals surface area contributed by atoms with Crippen molar-refractivity contribution in [1.29, 1.82) is 0 Å². The van der Waals surface area contributed by atoms with Gasteiger partial charge in [0.05, 0.1) is 144 Å². The number of hydrogen-bond acceptors (Lipinski definition) is 34. The number of aliphatic carboxylic acids is 8. The summed E-state index contributed by atoms with van der Waals surface area (Å²) in [4.78, 5) is 292. The number of ether oxygens (including phenoxy) is 8. The van der Waals surface area contributed by atoms with Crippen LogP contribution in [-0.4, -0.2) is 402 Å². The van der Waals surface area contributed by atoms with Crippen LogP contribution in [0, 0.1) is 23.7 Å². The number of nitrogens with one attached hydrogen (secondary N) is 16. The Balaban J connectivity index is -0.000000935. The van der Waals surface area contributed by atoms with Crippen LogP contribution < -0.4 is 85.1 Å². The lowest BCUT2D eigenvalue weighted by Crippen LogP contribution is -2.57. The van der Waals surface area contributed by atoms with Gasteiger partial charge in [-0.15, -0.1) is 0 Å². The molecular weight excluding hydrogens is 1980 g/mol. The summed E-state index contributed by atoms with van der Waals surface area (Å²) in [5.74, 6) is -24.0. The molecule has 24 N–H and O–H groups in total. The second kappa shape index (κ2) is 83.7. The second-order valence-electron chi connectivity index (χ2n) is 33.5. The normalized spacial score (nSPS) is 13.0. The number of nitrogens with zero attached hydrogens (tertiary/aromatic N) is 6. The smallest absolute Gasteiger partial charge is 0.305 e. The molecule has 0 heterocycles. The minimum absolute atomic E-state index is 0.00327. The quantitative estimate of drug-likeness (QED) is 0.0117. The standard InChI is InChI=1S/2C22H37N7O10.2C21H36N4O10/c2*1-13(2)10-15(27-22(37)17(12-19(33)34)26-14(3)30)21(36)28-16(11-18(31)32)20(35)24-4-6-38-8-9-39-7-5-25-29-23;2*1-12(2)9-14(24-21(33)16(11-18(29)30)23-13(3)26)20(32)25-15(10-17(27)28)19(31)22-5-6-35-8-7-34-4/h2*13,15-17H,4-12H2,1-3H3,(H,24,35)(H,26,30)(H,27,37)(H,28,36)(H,31,32)(H,33,34);2*12,14-16H,5-11H2,1-4H3,(H,22,31)(H,23,26)(H,24,33)(H,25,32)(H,27,28)(H,29,30)/t15-,16+,17+;15-,16-,17-;14-,15+,16+;14-,15-,16-/m1010/s1. The SMILES string of the molecule is CC(=O)N[C@@H](CC(=O)O)C(=O)N[C@@H](CC(C)C)C(=O)N[C@@H](CC(=O)O)C(=O)NCCOCCOCCN=[N+]=[N-].CC(=O)N[C@@H](CC(=O)O)C(=O)N[C@H](CC(C)C)C(=O)N[C@@H](CC(=O)O)C(=O)NCCOCCOCCN=[N+]=[N-].COCCOCCNC(=O)[C@H](CC(=O)O)NC(=O)[C@@H](CC(C)C)NC(=O)[C@H](CC(=O)O)NC(C)=O.COCCOCCNC(=O)[C@H](CC(=O)O)NC(=O)[C@H](CC(C)C)NC(=O)[C@H](CC(=O)O)NC(C)=O. The summed E-state index contributed by atoms with van der Waals surface area (Å²) in [7, 11) is 3.01. The van der Waals surface area contributed by atoms with Crippen LogP contribution in [0.2, 0.25) is 0 Å². The van der Waals surface area contributed by atoms with Gasteiger partial charge >= 0.3 is 47.8 Å². The van der Waals surface area contributed by atoms with E-state index in [-0.39, 0.29) is 155 Å². The molecule has 0 aromatic carbocycles. The van der Waals surface area contributed by atoms with Gasteiger partial charge in [0.2, 0.25) is 94.5 Å². The number of hydrogen-bond donors (Lipinski definition) is 24. The van der Waals surface area contributed by atoms with Crippen molar-refractivity contribution in [3.05, 3.63) is 20.9 Å². The highest BCUT2D eigenvalue weighted by Gasteiger charge is 2.38. The number of carboxylic acid groups (broad SMARTS) is 8. The van der Waals surface area contributed by atoms with Crippen molar-refractivity contribution in [2.75, 3.05) is 146 Å². The van der Waals surface area contributed by atoms with Crippen LogP contribution in [0.1, 0.15) is 160 Å². The first-order valence-electron chi connectivity index (χ1n) is 46.3. The lowest BCUT2D eigenvalue weighted by Gasteiger charge is -2.25. The van der Waals surface area contributed by atoms with Crippen LogP contribution in [0.15, 0.2) is 10.2 Å². The molecule has 840 valence electrons. The average molecular weight is 2130 g/mol. The maximum absolute atomic E-state index is 13.0. The molecule has 148 heavy (non-hydrogen) atoms. The third kappa shape index (κ3) is 78.0. The molecule has 0 unspecified atom stereocenters. The molecule has 0 spiro atoms. The van der Waals surface area contributed by atoms with Gasteiger partial charge in [0.25, 0.3) is 0 Å². The zero-order valence-electron chi connectivity index (χ0n) is 85.2. The third-order valence-corrected chi connectivity index (χ3v) is 18.3. The Morgan fingerprint density at radius 1 is 0.223 bits per heavy atom. The number of amides is 16. The largest absolute Gasteiger partial charge is 0.481 e. The molecule has 16 amide bonds. The third-order valence-electron chi connectivity index (χ3n) is 18.3. The molecule has 0 aliphatic carbocycles. The monoisotopic (exact) mass is 2130 g/mol. The fraction of sp³-hybridized carbons (Fsp3) is 0.721. The van der Waals surface area contributed by atoms with Crippen molar-refractivity contribution in [3.8, 4) is 0 Å². The maximum Gasteiger partial charge on any atom is 0.305 e. The van der Waals surface area contributed by atoms with E-state index in [1.807, 2.05) is 0 Å². The van der Waals surface area contributed by atoms with E-state index in [0.29, 0.717) is 26.4 Å². The van der Waals surface area contributed by atoms with E-state index in [1.54, 1.807) is 55.4 Å². The van der Waals surface area contributed by atoms with E-state index < -0.39 is 266 Å². The Morgan fingerprint density at radius 2 is 0.372 bits per heavy atom. The number of carbonyl (C=O) groups is 24. The minimum Gasteiger partial charge on any atom is -0.481 e. The van der Waals surface area contributed by atoms with Crippen molar-refractivity contribution < 1.29 is 194 Å². The van der Waals surface area contributed by atoms with Crippen molar-refractivity contribution in [2.24, 2.45) is 33.9 Å². The number of carboxylic acids is 8. The Kier molecular flexibility index (Phi) is 79.1. The van der Waals surface area contributed by atoms with Gasteiger partial charge in [-0.3, -0.25) is 115 Å². The highest BCUT2D eigenvalue weighted by molar-refractivity contribution is 6.01. The van der Waals surface area contributed by atoms with Crippen molar-refractivity contribution in [1.82, 2.24) is 85.1 Å². The molecule has 0 aliphatic rings. The molecule has 0 aliphatic heterocycles. The van der Waals surface area contributed by atoms with E-state index in [9.17, 15) is 125 Å². The molecular formula is C86H146N22O40. The summed E-state index contributed by atoms with van der Waals surface area (Å²) in [6, 6.07) is -16.5. The summed E-state index contributed by atoms with van der Waals surface area (Å²) in [6.45, 7) is 22.0. The van der Waals surface area contributed by atoms with Crippen LogP contribution >= 0.6 is 0 Å². The first-order valence-corrected chi connectivity index (χ1v) is 46.3. The van der Waals surface area contributed by atoms with Gasteiger partial charge < -0.3 is 164 Å². The summed E-state index contributed by atoms with van der Waals surface area (Å²) in [5, 5.41) is 117. The van der Waals surface area contributed by atoms with Crippen LogP contribution in [0.3, 0.4) is 0 Å². The Hall–Kier alpha value is -14.4. The average Bonchev–Trinajstić information content (AvgIpc) is 0.872. The zero-order chi connectivity index (χ0) is 114. The van der Waals surface area contributed by atoms with E-state index >= 15 is 0 Å². The van der Waals surface area contributed by atoms with Crippen LogP contribution in [-0.2, 0) is 153 Å². The van der Waals surface area contributed by atoms with Crippen molar-refractivity contribution in [2.45, 2.75) is 233 Å². The predicted molar refractivity (Wildman–Crippen MR) is 510 cm³/mol. The van der Waals surface area contributed by atoms with E-state index in [1.165, 1.54) is 14.2 Å². The lowest BCUT2D eigenvalue weighted by atomic mass is 10.0. The Bertz CT molecular complexity index is 4000. The minimum atomic E-state index is -1.48. The van der Waals surface area contributed by atoms with Gasteiger partial charge in [-0.05, 0) is 60.4 Å². The molecule has 0 rings (SSSR count). The van der Waals surface area contributed by atoms with Gasteiger partial charge in [-0.25, -0.2) is 0 Å². The molecule has 0 aromatic rings. The molecule has 0 saturated carbocycles. The first kappa shape index (κ1) is 140. The number of azide groups is 2. The lowest BCUT2D eigenvalue weighted by molar-refractivity contribution is -0.142. The van der Waals surface area contributed by atoms with Gasteiger partial charge in [0.1, 0.15) is 72.5 Å². The molecule has 0 radical (unpaired) electrons. The fourth-order valence-corrected chi connectivity index (χ4v) is 12.0. The van der Waals surface area contributed by atoms with Crippen molar-refractivity contribution >= 4 is 142 Å². The Labute approximate surface area is 851 Å². The zero-order valence-corrected chi connectivity index (χ0v) is 85.2. The Morgan fingerprint density at radius 3 is 0.520 bits per heavy atom. The molecule has 62 nitrogen and oxygen atoms in total. The molecule has 0 bridgehead atoms. The summed E-state index contributed by atoms with van der Waals surface area (Å²) >= 11 is 0. The van der Waals surface area contributed by atoms with Gasteiger partial charge in [0.15, 0.2) is 0 Å². The number of methoxy groups -OCH3 is 2. The van der Waals surface area contributed by atoms with Crippen LogP contribution in [0.25, 0.3) is 20.9 Å². The topological polar surface area (TPSA) is 935 Å². The van der Waals surface area contributed by atoms with Gasteiger partial charge in [0, 0.05) is 91.0 Å².